The second kappa shape index (κ2) is 10.3. The van der Waals surface area contributed by atoms with Crippen LogP contribution in [0.2, 0.25) is 0 Å². The lowest BCUT2D eigenvalue weighted by atomic mass is 10.0. The van der Waals surface area contributed by atoms with Gasteiger partial charge in [0.15, 0.2) is 0 Å². The first kappa shape index (κ1) is 21.2. The molecule has 2 nitrogen and oxygen atoms in total. The molecule has 29 heavy (non-hydrogen) atoms. The molecule has 2 aromatic carbocycles. The minimum Gasteiger partial charge on any atom is -0.493 e. The largest absolute Gasteiger partial charge is 0.493 e. The number of rotatable bonds is 10. The maximum atomic E-state index is 11.2. The Morgan fingerprint density at radius 1 is 0.724 bits per heavy atom. The lowest BCUT2D eigenvalue weighted by molar-refractivity contribution is -0.344. The molecule has 0 bridgehead atoms. The van der Waals surface area contributed by atoms with Crippen molar-refractivity contribution in [2.45, 2.75) is 72.1 Å². The molecule has 1 aliphatic heterocycles. The molecule has 0 aromatic heterocycles. The smallest absolute Gasteiger partial charge is 0.210 e. The van der Waals surface area contributed by atoms with Crippen LogP contribution in [0.15, 0.2) is 60.2 Å². The third-order valence-corrected chi connectivity index (χ3v) is 5.66. The third kappa shape index (κ3) is 5.12. The Bertz CT molecular complexity index is 900. The summed E-state index contributed by atoms with van der Waals surface area (Å²) in [6.07, 6.45) is 11.2. The van der Waals surface area contributed by atoms with Crippen molar-refractivity contribution in [1.29, 1.82) is 0 Å². The zero-order chi connectivity index (χ0) is 20.6. The first-order valence-corrected chi connectivity index (χ1v) is 11.3. The van der Waals surface area contributed by atoms with Crippen molar-refractivity contribution in [2.75, 3.05) is 0 Å². The van der Waals surface area contributed by atoms with Crippen molar-refractivity contribution in [3.05, 3.63) is 88.0 Å². The van der Waals surface area contributed by atoms with Crippen molar-refractivity contribution in [2.24, 2.45) is 0 Å². The van der Waals surface area contributed by atoms with Crippen LogP contribution in [0.25, 0.3) is 16.9 Å². The first-order valence-electron chi connectivity index (χ1n) is 11.3. The van der Waals surface area contributed by atoms with Gasteiger partial charge in [0.1, 0.15) is 0 Å². The molecule has 0 atom stereocenters. The number of unbranched alkanes of at least 4 members (excludes halogenated alkanes) is 2. The van der Waals surface area contributed by atoms with Gasteiger partial charge in [-0.3, -0.25) is 0 Å². The molecule has 0 fully saturated rings. The van der Waals surface area contributed by atoms with Crippen LogP contribution in [0.4, 0.5) is 0 Å². The van der Waals surface area contributed by atoms with Gasteiger partial charge in [-0.05, 0) is 67.5 Å². The summed E-state index contributed by atoms with van der Waals surface area (Å²) in [6, 6.07) is 17.3. The quantitative estimate of drug-likeness (QED) is 0.370. The SMILES string of the molecule is CCCCC1=C(c2ccc(CCCC)cc2)[N+](=[N-])C(c2cccc(CCC)c2)=C1. The highest BCUT2D eigenvalue weighted by molar-refractivity contribution is 5.78. The average molecular weight is 387 g/mol. The lowest BCUT2D eigenvalue weighted by Gasteiger charge is -2.11. The van der Waals surface area contributed by atoms with E-state index in [1.807, 2.05) is 0 Å². The van der Waals surface area contributed by atoms with Gasteiger partial charge in [-0.1, -0.05) is 64.3 Å². The van der Waals surface area contributed by atoms with Crippen LogP contribution in [0.1, 0.15) is 81.5 Å². The number of aryl methyl sites for hydroxylation is 2. The van der Waals surface area contributed by atoms with Crippen molar-refractivity contribution < 1.29 is 4.70 Å². The molecule has 0 saturated heterocycles. The monoisotopic (exact) mass is 386 g/mol. The van der Waals surface area contributed by atoms with Gasteiger partial charge in [-0.15, -0.1) is 0 Å². The Balaban J connectivity index is 1.91. The molecule has 152 valence electrons. The van der Waals surface area contributed by atoms with Gasteiger partial charge in [-0.2, -0.15) is 0 Å². The minimum absolute atomic E-state index is 0.888. The van der Waals surface area contributed by atoms with E-state index in [0.29, 0.717) is 0 Å². The van der Waals surface area contributed by atoms with Crippen LogP contribution in [-0.2, 0) is 12.8 Å². The maximum absolute atomic E-state index is 11.2. The van der Waals surface area contributed by atoms with E-state index in [1.165, 1.54) is 34.2 Å². The fourth-order valence-electron chi connectivity index (χ4n) is 4.01. The van der Waals surface area contributed by atoms with Gasteiger partial charge in [0, 0.05) is 22.8 Å². The topological polar surface area (TPSA) is 25.3 Å². The average Bonchev–Trinajstić information content (AvgIpc) is 3.07. The molecular weight excluding hydrogens is 352 g/mol. The van der Waals surface area contributed by atoms with Crippen molar-refractivity contribution >= 4 is 11.4 Å². The molecule has 0 spiro atoms. The fraction of sp³-hybridized carbons (Fsp3) is 0.407. The summed E-state index contributed by atoms with van der Waals surface area (Å²) < 4.78 is 1.41. The van der Waals surface area contributed by atoms with E-state index in [0.717, 1.165) is 61.0 Å². The molecule has 1 aliphatic rings. The maximum Gasteiger partial charge on any atom is 0.210 e. The lowest BCUT2D eigenvalue weighted by Crippen LogP contribution is -2.03. The molecule has 0 saturated carbocycles. The highest BCUT2D eigenvalue weighted by atomic mass is 15.2. The predicted octanol–water partition coefficient (Wildman–Crippen LogP) is 7.97. The molecule has 0 N–H and O–H groups in total. The summed E-state index contributed by atoms with van der Waals surface area (Å²) in [5.41, 5.74) is 19.1. The van der Waals surface area contributed by atoms with Gasteiger partial charge in [0.25, 0.3) is 0 Å². The fourth-order valence-corrected chi connectivity index (χ4v) is 4.01. The first-order chi connectivity index (χ1) is 14.2. The van der Waals surface area contributed by atoms with Crippen molar-refractivity contribution in [1.82, 2.24) is 0 Å². The van der Waals surface area contributed by atoms with Crippen LogP contribution >= 0.6 is 0 Å². The van der Waals surface area contributed by atoms with Gasteiger partial charge < -0.3 is 5.53 Å². The molecule has 0 aliphatic carbocycles. The standard InChI is InChI=1S/C27H34N2/c1-4-7-11-21-15-17-23(18-16-21)27-25(13-8-5-2)20-26(29(27)28)24-14-9-12-22(19-24)10-6-3/h9,12,14-20H,4-8,10-11,13H2,1-3H3. The van der Waals surface area contributed by atoms with E-state index in [1.54, 1.807) is 0 Å². The van der Waals surface area contributed by atoms with Crippen molar-refractivity contribution in [3.63, 3.8) is 0 Å². The number of hydrogen-bond acceptors (Lipinski definition) is 0. The van der Waals surface area contributed by atoms with Crippen LogP contribution in [0.5, 0.6) is 0 Å². The van der Waals surface area contributed by atoms with Gasteiger partial charge in [0.2, 0.25) is 11.4 Å². The molecule has 2 aromatic rings. The normalized spacial score (nSPS) is 13.9. The Kier molecular flexibility index (Phi) is 7.57. The van der Waals surface area contributed by atoms with E-state index < -0.39 is 0 Å². The van der Waals surface area contributed by atoms with E-state index in [4.69, 9.17) is 0 Å². The zero-order valence-corrected chi connectivity index (χ0v) is 18.2. The van der Waals surface area contributed by atoms with Crippen LogP contribution < -0.4 is 0 Å². The molecular formula is C27H34N2. The van der Waals surface area contributed by atoms with E-state index in [-0.39, 0.29) is 0 Å². The van der Waals surface area contributed by atoms with Crippen LogP contribution in [0.3, 0.4) is 0 Å². The van der Waals surface area contributed by atoms with Crippen molar-refractivity contribution in [3.8, 4) is 0 Å². The van der Waals surface area contributed by atoms with Crippen LogP contribution in [0, 0.1) is 0 Å². The Morgan fingerprint density at radius 2 is 1.45 bits per heavy atom. The zero-order valence-electron chi connectivity index (χ0n) is 18.2. The summed E-state index contributed by atoms with van der Waals surface area (Å²) in [7, 11) is 0. The van der Waals surface area contributed by atoms with E-state index >= 15 is 0 Å². The molecule has 0 radical (unpaired) electrons. The van der Waals surface area contributed by atoms with Gasteiger partial charge in [0.05, 0.1) is 0 Å². The molecule has 0 unspecified atom stereocenters. The van der Waals surface area contributed by atoms with Crippen LogP contribution in [-0.4, -0.2) is 4.70 Å². The number of hydrogen-bond donors (Lipinski definition) is 0. The molecule has 3 rings (SSSR count). The van der Waals surface area contributed by atoms with E-state index in [2.05, 4.69) is 75.4 Å². The summed E-state index contributed by atoms with van der Waals surface area (Å²) in [6.45, 7) is 6.64. The molecule has 1 heterocycles. The summed E-state index contributed by atoms with van der Waals surface area (Å²) in [5, 5.41) is 0. The summed E-state index contributed by atoms with van der Waals surface area (Å²) in [5.74, 6) is 0. The Morgan fingerprint density at radius 3 is 2.14 bits per heavy atom. The Labute approximate surface area is 176 Å². The summed E-state index contributed by atoms with van der Waals surface area (Å²) >= 11 is 0. The minimum atomic E-state index is 0.888. The van der Waals surface area contributed by atoms with E-state index in [9.17, 15) is 5.53 Å². The highest BCUT2D eigenvalue weighted by Crippen LogP contribution is 2.37. The third-order valence-electron chi connectivity index (χ3n) is 5.66. The molecule has 2 heteroatoms. The number of benzene rings is 2. The number of nitrogens with zero attached hydrogens (tertiary/aromatic N) is 2. The van der Waals surface area contributed by atoms with Gasteiger partial charge in [-0.25, -0.2) is 4.70 Å². The summed E-state index contributed by atoms with van der Waals surface area (Å²) in [4.78, 5) is 0. The second-order valence-electron chi connectivity index (χ2n) is 8.07. The van der Waals surface area contributed by atoms with Gasteiger partial charge >= 0.3 is 0 Å². The Hall–Kier alpha value is -2.48. The number of allylic oxidation sites excluding steroid dienone is 2. The second-order valence-corrected chi connectivity index (χ2v) is 8.07. The molecule has 0 amide bonds. The highest BCUT2D eigenvalue weighted by Gasteiger charge is 2.28. The predicted molar refractivity (Wildman–Crippen MR) is 124 cm³/mol.